The fraction of sp³-hybridized carbons (Fsp3) is 0.333. The van der Waals surface area contributed by atoms with Crippen LogP contribution in [-0.4, -0.2) is 68.4 Å². The van der Waals surface area contributed by atoms with Crippen molar-refractivity contribution < 1.29 is 22.6 Å². The van der Waals surface area contributed by atoms with Gasteiger partial charge in [0.1, 0.15) is 6.61 Å². The molecule has 2 aromatic carbocycles. The maximum atomic E-state index is 13.5. The quantitative estimate of drug-likeness (QED) is 0.359. The van der Waals surface area contributed by atoms with Crippen LogP contribution in [0.15, 0.2) is 65.8 Å². The van der Waals surface area contributed by atoms with Crippen LogP contribution in [0.5, 0.6) is 11.5 Å². The molecule has 190 valence electrons. The fourth-order valence-electron chi connectivity index (χ4n) is 4.58. The first-order valence-electron chi connectivity index (χ1n) is 12.0. The molecule has 9 heteroatoms. The van der Waals surface area contributed by atoms with Crippen LogP contribution in [0.4, 0.5) is 0 Å². The average molecular weight is 510 g/mol. The molecule has 0 N–H and O–H groups in total. The van der Waals surface area contributed by atoms with Gasteiger partial charge in [-0.25, -0.2) is 12.4 Å². The minimum atomic E-state index is -3.76. The largest absolute Gasteiger partial charge is 0.493 e. The second-order valence-corrected chi connectivity index (χ2v) is 10.8. The van der Waals surface area contributed by atoms with Gasteiger partial charge in [-0.1, -0.05) is 17.7 Å². The molecule has 1 aliphatic rings. The zero-order valence-corrected chi connectivity index (χ0v) is 21.6. The molecule has 0 unspecified atom stereocenters. The molecule has 0 atom stereocenters. The van der Waals surface area contributed by atoms with Crippen molar-refractivity contribution in [3.8, 4) is 22.8 Å². The summed E-state index contributed by atoms with van der Waals surface area (Å²) in [6.07, 6.45) is 3.53. The number of methoxy groups -OCH3 is 1. The van der Waals surface area contributed by atoms with Gasteiger partial charge in [0.2, 0.25) is 0 Å². The molecule has 36 heavy (non-hydrogen) atoms. The van der Waals surface area contributed by atoms with E-state index in [2.05, 4.69) is 4.90 Å². The summed E-state index contributed by atoms with van der Waals surface area (Å²) < 4.78 is 47.4. The van der Waals surface area contributed by atoms with Gasteiger partial charge in [0.15, 0.2) is 11.5 Å². The summed E-state index contributed by atoms with van der Waals surface area (Å²) in [6.45, 7) is 6.61. The van der Waals surface area contributed by atoms with Gasteiger partial charge in [-0.3, -0.25) is 4.90 Å². The molecule has 5 rings (SSSR count). The molecule has 0 radical (unpaired) electrons. The van der Waals surface area contributed by atoms with Crippen molar-refractivity contribution in [2.75, 3.05) is 46.6 Å². The summed E-state index contributed by atoms with van der Waals surface area (Å²) in [4.78, 5) is 2.57. The van der Waals surface area contributed by atoms with Crippen molar-refractivity contribution in [3.63, 3.8) is 0 Å². The third-order valence-corrected chi connectivity index (χ3v) is 8.31. The average Bonchev–Trinajstić information content (AvgIpc) is 3.50. The molecule has 1 fully saturated rings. The molecule has 2 aromatic heterocycles. The van der Waals surface area contributed by atoms with Crippen LogP contribution >= 0.6 is 0 Å². The SMILES string of the molecule is COc1cc2c(-c3cccn3S(=O)(=O)c3ccc(C)cc3)cn(C)c2cc1OCCN1CCOCC1. The Morgan fingerprint density at radius 2 is 1.78 bits per heavy atom. The standard InChI is InChI=1S/C27H31N3O5S/c1-20-6-8-21(9-7-20)36(31,32)30-10-4-5-24(30)23-19-28(2)25-18-27(26(33-3)17-22(23)25)35-16-13-29-11-14-34-15-12-29/h4-10,17-19H,11-16H2,1-3H3. The molecule has 0 aliphatic carbocycles. The molecule has 3 heterocycles. The number of nitrogens with zero attached hydrogens (tertiary/aromatic N) is 3. The van der Waals surface area contributed by atoms with E-state index >= 15 is 0 Å². The lowest BCUT2D eigenvalue weighted by Gasteiger charge is -2.26. The van der Waals surface area contributed by atoms with Crippen LogP contribution in [0.25, 0.3) is 22.2 Å². The number of rotatable bonds is 8. The molecule has 4 aromatic rings. The van der Waals surface area contributed by atoms with Gasteiger partial charge in [-0.15, -0.1) is 0 Å². The summed E-state index contributed by atoms with van der Waals surface area (Å²) in [7, 11) is -0.203. The Balaban J connectivity index is 1.49. The number of ether oxygens (including phenoxy) is 3. The van der Waals surface area contributed by atoms with Crippen molar-refractivity contribution in [3.05, 3.63) is 66.5 Å². The van der Waals surface area contributed by atoms with Gasteiger partial charge >= 0.3 is 0 Å². The van der Waals surface area contributed by atoms with Gasteiger partial charge in [-0.05, 0) is 37.3 Å². The van der Waals surface area contributed by atoms with Gasteiger partial charge in [-0.2, -0.15) is 0 Å². The van der Waals surface area contributed by atoms with Gasteiger partial charge in [0.25, 0.3) is 10.0 Å². The number of aryl methyl sites for hydroxylation is 2. The molecule has 0 amide bonds. The monoisotopic (exact) mass is 509 g/mol. The predicted octanol–water partition coefficient (Wildman–Crippen LogP) is 3.91. The van der Waals surface area contributed by atoms with E-state index in [1.165, 1.54) is 3.97 Å². The third-order valence-electron chi connectivity index (χ3n) is 6.61. The Bertz CT molecular complexity index is 1470. The minimum Gasteiger partial charge on any atom is -0.493 e. The molecular formula is C27H31N3O5S. The fourth-order valence-corrected chi connectivity index (χ4v) is 5.94. The normalized spacial score (nSPS) is 14.9. The number of hydrogen-bond acceptors (Lipinski definition) is 6. The van der Waals surface area contributed by atoms with Crippen LogP contribution in [0.2, 0.25) is 0 Å². The zero-order valence-electron chi connectivity index (χ0n) is 20.8. The smallest absolute Gasteiger partial charge is 0.268 e. The van der Waals surface area contributed by atoms with E-state index in [4.69, 9.17) is 14.2 Å². The Morgan fingerprint density at radius 3 is 2.50 bits per heavy atom. The van der Waals surface area contributed by atoms with E-state index in [1.807, 2.05) is 42.9 Å². The molecule has 1 aliphatic heterocycles. The topological polar surface area (TPSA) is 74.9 Å². The van der Waals surface area contributed by atoms with Gasteiger partial charge < -0.3 is 18.8 Å². The zero-order chi connectivity index (χ0) is 25.3. The molecule has 8 nitrogen and oxygen atoms in total. The predicted molar refractivity (Wildman–Crippen MR) is 139 cm³/mol. The van der Waals surface area contributed by atoms with Gasteiger partial charge in [0.05, 0.1) is 36.4 Å². The number of fused-ring (bicyclic) bond motifs is 1. The van der Waals surface area contributed by atoms with E-state index in [9.17, 15) is 8.42 Å². The van der Waals surface area contributed by atoms with E-state index in [1.54, 1.807) is 43.6 Å². The summed E-state index contributed by atoms with van der Waals surface area (Å²) in [6, 6.07) is 14.3. The van der Waals surface area contributed by atoms with E-state index in [0.29, 0.717) is 23.8 Å². The van der Waals surface area contributed by atoms with Crippen molar-refractivity contribution in [2.24, 2.45) is 7.05 Å². The summed E-state index contributed by atoms with van der Waals surface area (Å²) >= 11 is 0. The van der Waals surface area contributed by atoms with Crippen molar-refractivity contribution in [1.29, 1.82) is 0 Å². The number of benzene rings is 2. The number of hydrogen-bond donors (Lipinski definition) is 0. The highest BCUT2D eigenvalue weighted by atomic mass is 32.2. The number of morpholine rings is 1. The summed E-state index contributed by atoms with van der Waals surface area (Å²) in [5.41, 5.74) is 3.31. The first kappa shape index (κ1) is 24.4. The van der Waals surface area contributed by atoms with E-state index in [-0.39, 0.29) is 4.90 Å². The third kappa shape index (κ3) is 4.61. The molecule has 0 bridgehead atoms. The summed E-state index contributed by atoms with van der Waals surface area (Å²) in [5.74, 6) is 1.27. The van der Waals surface area contributed by atoms with E-state index in [0.717, 1.165) is 54.9 Å². The Morgan fingerprint density at radius 1 is 1.03 bits per heavy atom. The van der Waals surface area contributed by atoms with Crippen LogP contribution < -0.4 is 9.47 Å². The van der Waals surface area contributed by atoms with Crippen LogP contribution in [0.1, 0.15) is 5.56 Å². The molecule has 0 spiro atoms. The Hall–Kier alpha value is -3.27. The van der Waals surface area contributed by atoms with Crippen LogP contribution in [0.3, 0.4) is 0 Å². The van der Waals surface area contributed by atoms with E-state index < -0.39 is 10.0 Å². The molecular weight excluding hydrogens is 478 g/mol. The maximum absolute atomic E-state index is 13.5. The Labute approximate surface area is 211 Å². The second kappa shape index (κ2) is 10.0. The van der Waals surface area contributed by atoms with Crippen LogP contribution in [0, 0.1) is 6.92 Å². The first-order chi connectivity index (χ1) is 17.4. The van der Waals surface area contributed by atoms with Crippen LogP contribution in [-0.2, 0) is 21.8 Å². The minimum absolute atomic E-state index is 0.249. The Kier molecular flexibility index (Phi) is 6.79. The summed E-state index contributed by atoms with van der Waals surface area (Å²) in [5, 5.41) is 0.883. The second-order valence-electron chi connectivity index (χ2n) is 8.98. The molecule has 1 saturated heterocycles. The highest BCUT2D eigenvalue weighted by Gasteiger charge is 2.23. The highest BCUT2D eigenvalue weighted by Crippen LogP contribution is 2.39. The lowest BCUT2D eigenvalue weighted by atomic mass is 10.1. The van der Waals surface area contributed by atoms with Crippen molar-refractivity contribution >= 4 is 20.9 Å². The van der Waals surface area contributed by atoms with Gasteiger partial charge in [0, 0.05) is 56.1 Å². The van der Waals surface area contributed by atoms with Crippen molar-refractivity contribution in [1.82, 2.24) is 13.4 Å². The molecule has 0 saturated carbocycles. The highest BCUT2D eigenvalue weighted by molar-refractivity contribution is 7.90. The first-order valence-corrected chi connectivity index (χ1v) is 13.4. The van der Waals surface area contributed by atoms with Crippen molar-refractivity contribution in [2.45, 2.75) is 11.8 Å². The number of aromatic nitrogens is 2. The lowest BCUT2D eigenvalue weighted by molar-refractivity contribution is 0.0321. The maximum Gasteiger partial charge on any atom is 0.268 e. The lowest BCUT2D eigenvalue weighted by Crippen LogP contribution is -2.38.